The summed E-state index contributed by atoms with van der Waals surface area (Å²) >= 11 is 1.87. The normalized spacial score (nSPS) is 14.8. The first-order chi connectivity index (χ1) is 23.6. The van der Waals surface area contributed by atoms with Gasteiger partial charge in [-0.05, 0) is 81.4 Å². The monoisotopic (exact) mass is 631 g/mol. The van der Waals surface area contributed by atoms with Gasteiger partial charge in [-0.1, -0.05) is 135 Å². The minimum atomic E-state index is -0.430. The second-order valence-corrected chi connectivity index (χ2v) is 14.7. The fraction of sp³-hybridized carbons (Fsp3) is 0.0870. The average molecular weight is 632 g/mol. The van der Waals surface area contributed by atoms with Gasteiger partial charge in [0.05, 0.1) is 11.1 Å². The number of rotatable bonds is 3. The number of benzene rings is 7. The fourth-order valence-corrected chi connectivity index (χ4v) is 10.0. The Morgan fingerprint density at radius 3 is 1.77 bits per heavy atom. The number of nitrogens with zero attached hydrogens (tertiary/aromatic N) is 1. The summed E-state index contributed by atoms with van der Waals surface area (Å²) in [6, 6.07) is 61.1. The summed E-state index contributed by atoms with van der Waals surface area (Å²) in [5.41, 5.74) is 13.8. The van der Waals surface area contributed by atoms with Crippen LogP contribution in [0.1, 0.15) is 47.2 Å². The van der Waals surface area contributed by atoms with Crippen LogP contribution in [0.15, 0.2) is 164 Å². The number of fused-ring (bicyclic) bond motifs is 12. The van der Waals surface area contributed by atoms with Gasteiger partial charge >= 0.3 is 0 Å². The highest BCUT2D eigenvalue weighted by molar-refractivity contribution is 7.25. The molecule has 0 saturated carbocycles. The van der Waals surface area contributed by atoms with Crippen molar-refractivity contribution in [1.82, 2.24) is 0 Å². The smallest absolute Gasteiger partial charge is 0.0720 e. The van der Waals surface area contributed by atoms with Crippen molar-refractivity contribution < 1.29 is 0 Å². The molecule has 1 nitrogen and oxygen atoms in total. The molecule has 1 spiro atoms. The van der Waals surface area contributed by atoms with E-state index in [9.17, 15) is 0 Å². The second kappa shape index (κ2) is 10.0. The molecule has 8 aromatic rings. The van der Waals surface area contributed by atoms with Crippen LogP contribution in [-0.2, 0) is 10.8 Å². The predicted molar refractivity (Wildman–Crippen MR) is 203 cm³/mol. The van der Waals surface area contributed by atoms with E-state index in [0.717, 1.165) is 11.4 Å². The Balaban J connectivity index is 1.31. The van der Waals surface area contributed by atoms with Gasteiger partial charge in [-0.25, -0.2) is 0 Å². The topological polar surface area (TPSA) is 3.24 Å². The van der Waals surface area contributed by atoms with E-state index in [2.05, 4.69) is 183 Å². The highest BCUT2D eigenvalue weighted by atomic mass is 32.1. The molecular formula is C46H33NS. The van der Waals surface area contributed by atoms with Crippen LogP contribution in [-0.4, -0.2) is 0 Å². The SMILES string of the molecule is CC1(C)c2ccccc2C2(c3ccccc3-c3c(N(c4ccccc4)c4ccc5sc6ccccc6c5c4)cccc32)c2ccccc21. The quantitative estimate of drug-likeness (QED) is 0.188. The molecule has 0 unspecified atom stereocenters. The molecule has 0 aliphatic heterocycles. The first kappa shape index (κ1) is 27.7. The van der Waals surface area contributed by atoms with Gasteiger partial charge in [-0.15, -0.1) is 11.3 Å². The van der Waals surface area contributed by atoms with Gasteiger partial charge in [-0.2, -0.15) is 0 Å². The van der Waals surface area contributed by atoms with Crippen LogP contribution in [0, 0.1) is 0 Å². The number of anilines is 3. The lowest BCUT2D eigenvalue weighted by Gasteiger charge is -2.46. The fourth-order valence-electron chi connectivity index (χ4n) is 8.93. The van der Waals surface area contributed by atoms with Crippen molar-refractivity contribution in [2.75, 3.05) is 4.90 Å². The number of hydrogen-bond acceptors (Lipinski definition) is 2. The third-order valence-electron chi connectivity index (χ3n) is 10.9. The van der Waals surface area contributed by atoms with E-state index in [-0.39, 0.29) is 5.41 Å². The summed E-state index contributed by atoms with van der Waals surface area (Å²) in [5.74, 6) is 0. The molecule has 2 aliphatic rings. The zero-order chi connectivity index (χ0) is 32.0. The van der Waals surface area contributed by atoms with E-state index in [1.54, 1.807) is 0 Å². The molecule has 0 fully saturated rings. The Morgan fingerprint density at radius 1 is 0.438 bits per heavy atom. The van der Waals surface area contributed by atoms with Crippen LogP contribution < -0.4 is 4.90 Å². The van der Waals surface area contributed by atoms with Crippen LogP contribution in [0.5, 0.6) is 0 Å². The van der Waals surface area contributed by atoms with Gasteiger partial charge < -0.3 is 4.90 Å². The highest BCUT2D eigenvalue weighted by Gasteiger charge is 2.53. The van der Waals surface area contributed by atoms with Crippen molar-refractivity contribution in [2.45, 2.75) is 24.7 Å². The van der Waals surface area contributed by atoms with Gasteiger partial charge in [-0.3, -0.25) is 0 Å². The van der Waals surface area contributed by atoms with Crippen LogP contribution >= 0.6 is 11.3 Å². The second-order valence-electron chi connectivity index (χ2n) is 13.7. The Bertz CT molecular complexity index is 2500. The third-order valence-corrected chi connectivity index (χ3v) is 12.1. The minimum Gasteiger partial charge on any atom is -0.310 e. The van der Waals surface area contributed by atoms with E-state index in [1.165, 1.54) is 70.4 Å². The summed E-state index contributed by atoms with van der Waals surface area (Å²) < 4.78 is 2.64. The number of hydrogen-bond donors (Lipinski definition) is 0. The first-order valence-corrected chi connectivity index (χ1v) is 17.6. The van der Waals surface area contributed by atoms with Gasteiger partial charge in [0, 0.05) is 42.5 Å². The van der Waals surface area contributed by atoms with Crippen molar-refractivity contribution in [1.29, 1.82) is 0 Å². The molecule has 1 heterocycles. The molecule has 0 atom stereocenters. The Morgan fingerprint density at radius 2 is 1.02 bits per heavy atom. The van der Waals surface area contributed by atoms with E-state index >= 15 is 0 Å². The predicted octanol–water partition coefficient (Wildman–Crippen LogP) is 12.5. The lowest BCUT2D eigenvalue weighted by atomic mass is 9.55. The molecule has 1 aromatic heterocycles. The standard InChI is InChI=1S/C46H33NS/c1-45(2)36-20-9-11-22-38(36)46(39-23-12-10-21-37(39)45)35-19-8-6-18-33(35)44-40(46)24-14-25-41(44)47(30-15-4-3-5-16-30)31-27-28-43-34(29-31)32-17-7-13-26-42(32)48-43/h3-29H,1-2H3. The lowest BCUT2D eigenvalue weighted by molar-refractivity contribution is 0.563. The van der Waals surface area contributed by atoms with E-state index < -0.39 is 5.41 Å². The number of thiophene rings is 1. The van der Waals surface area contributed by atoms with Crippen LogP contribution in [0.4, 0.5) is 17.1 Å². The maximum atomic E-state index is 2.48. The van der Waals surface area contributed by atoms with E-state index in [4.69, 9.17) is 0 Å². The molecule has 2 aliphatic carbocycles. The Kier molecular flexibility index (Phi) is 5.78. The molecule has 10 rings (SSSR count). The summed E-state index contributed by atoms with van der Waals surface area (Å²) in [5, 5.41) is 2.61. The molecule has 7 aromatic carbocycles. The van der Waals surface area contributed by atoms with Crippen LogP contribution in [0.25, 0.3) is 31.3 Å². The van der Waals surface area contributed by atoms with Crippen molar-refractivity contribution in [3.05, 3.63) is 197 Å². The van der Waals surface area contributed by atoms with Crippen LogP contribution in [0.3, 0.4) is 0 Å². The molecule has 2 heteroatoms. The third kappa shape index (κ3) is 3.56. The van der Waals surface area contributed by atoms with Crippen molar-refractivity contribution in [3.8, 4) is 11.1 Å². The molecule has 0 N–H and O–H groups in total. The zero-order valence-electron chi connectivity index (χ0n) is 26.9. The van der Waals surface area contributed by atoms with Gasteiger partial charge in [0.15, 0.2) is 0 Å². The van der Waals surface area contributed by atoms with Crippen molar-refractivity contribution >= 4 is 48.6 Å². The molecular weight excluding hydrogens is 599 g/mol. The maximum absolute atomic E-state index is 2.48. The lowest BCUT2D eigenvalue weighted by Crippen LogP contribution is -2.40. The summed E-state index contributed by atoms with van der Waals surface area (Å²) in [6.07, 6.45) is 0. The van der Waals surface area contributed by atoms with E-state index in [1.807, 2.05) is 11.3 Å². The average Bonchev–Trinajstić information content (AvgIpc) is 3.66. The number of para-hydroxylation sites is 1. The molecule has 0 amide bonds. The molecule has 0 saturated heterocycles. The Labute approximate surface area is 285 Å². The molecule has 48 heavy (non-hydrogen) atoms. The highest BCUT2D eigenvalue weighted by Crippen LogP contribution is 2.64. The molecule has 228 valence electrons. The van der Waals surface area contributed by atoms with Gasteiger partial charge in [0.2, 0.25) is 0 Å². The summed E-state index contributed by atoms with van der Waals surface area (Å²) in [6.45, 7) is 4.77. The maximum Gasteiger partial charge on any atom is 0.0720 e. The summed E-state index contributed by atoms with van der Waals surface area (Å²) in [7, 11) is 0. The summed E-state index contributed by atoms with van der Waals surface area (Å²) in [4.78, 5) is 2.48. The zero-order valence-corrected chi connectivity index (χ0v) is 27.8. The van der Waals surface area contributed by atoms with E-state index in [0.29, 0.717) is 0 Å². The largest absolute Gasteiger partial charge is 0.310 e. The van der Waals surface area contributed by atoms with Crippen LogP contribution in [0.2, 0.25) is 0 Å². The van der Waals surface area contributed by atoms with Gasteiger partial charge in [0.25, 0.3) is 0 Å². The first-order valence-electron chi connectivity index (χ1n) is 16.8. The van der Waals surface area contributed by atoms with Crippen molar-refractivity contribution in [2.24, 2.45) is 0 Å². The van der Waals surface area contributed by atoms with Gasteiger partial charge in [0.1, 0.15) is 0 Å². The minimum absolute atomic E-state index is 0.122. The van der Waals surface area contributed by atoms with Crippen molar-refractivity contribution in [3.63, 3.8) is 0 Å². The Hall–Kier alpha value is -5.44. The molecule has 0 bridgehead atoms. The molecule has 0 radical (unpaired) electrons.